The number of nitrogens with one attached hydrogen (secondary N) is 2. The largest absolute Gasteiger partial charge is 0.332 e. The average Bonchev–Trinajstić information content (AvgIpc) is 2.58. The van der Waals surface area contributed by atoms with Crippen molar-refractivity contribution in [1.29, 1.82) is 0 Å². The summed E-state index contributed by atoms with van der Waals surface area (Å²) in [6.45, 7) is 3.83. The summed E-state index contributed by atoms with van der Waals surface area (Å²) < 4.78 is 0. The van der Waals surface area contributed by atoms with Gasteiger partial charge in [0, 0.05) is 12.2 Å². The predicted octanol–water partition coefficient (Wildman–Crippen LogP) is 0.755. The van der Waals surface area contributed by atoms with Crippen LogP contribution in [0.4, 0.5) is 5.69 Å². The molecule has 1 saturated heterocycles. The maximum atomic E-state index is 12.0. The Kier molecular flexibility index (Phi) is 4.52. The van der Waals surface area contributed by atoms with E-state index in [4.69, 9.17) is 0 Å². The third-order valence-electron chi connectivity index (χ3n) is 3.16. The molecule has 0 unspecified atom stereocenters. The molecule has 0 bridgehead atoms. The second-order valence-electron chi connectivity index (χ2n) is 4.71. The van der Waals surface area contributed by atoms with Gasteiger partial charge >= 0.3 is 0 Å². The van der Waals surface area contributed by atoms with Crippen LogP contribution >= 0.6 is 0 Å². The maximum Gasteiger partial charge on any atom is 0.244 e. The van der Waals surface area contributed by atoms with Crippen molar-refractivity contribution < 1.29 is 9.59 Å². The highest BCUT2D eigenvalue weighted by atomic mass is 16.2. The fraction of sp³-hybridized carbons (Fsp3) is 0.429. The zero-order valence-electron chi connectivity index (χ0n) is 11.1. The van der Waals surface area contributed by atoms with Crippen molar-refractivity contribution in [3.63, 3.8) is 0 Å². The van der Waals surface area contributed by atoms with Crippen molar-refractivity contribution >= 4 is 17.5 Å². The van der Waals surface area contributed by atoms with Crippen molar-refractivity contribution in [3.05, 3.63) is 29.8 Å². The molecule has 0 atom stereocenters. The van der Waals surface area contributed by atoms with E-state index in [2.05, 4.69) is 10.6 Å². The van der Waals surface area contributed by atoms with Gasteiger partial charge in [-0.05, 0) is 31.5 Å². The molecule has 0 radical (unpaired) electrons. The molecule has 0 spiro atoms. The Bertz CT molecular complexity index is 474. The fourth-order valence-electron chi connectivity index (χ4n) is 2.07. The molecule has 2 rings (SSSR count). The number of benzene rings is 1. The lowest BCUT2D eigenvalue weighted by molar-refractivity contribution is -0.133. The van der Waals surface area contributed by atoms with Gasteiger partial charge in [0.05, 0.1) is 13.1 Å². The van der Waals surface area contributed by atoms with Crippen LogP contribution in [0.25, 0.3) is 0 Å². The number of nitrogens with zero attached hydrogens (tertiary/aromatic N) is 1. The number of para-hydroxylation sites is 1. The number of carbonyl (C=O) groups is 2. The Morgan fingerprint density at radius 1 is 1.42 bits per heavy atom. The summed E-state index contributed by atoms with van der Waals surface area (Å²) in [4.78, 5) is 25.3. The molecule has 102 valence electrons. The van der Waals surface area contributed by atoms with Gasteiger partial charge in [-0.2, -0.15) is 0 Å². The first kappa shape index (κ1) is 13.5. The molecule has 2 N–H and O–H groups in total. The first-order valence-electron chi connectivity index (χ1n) is 6.51. The lowest BCUT2D eigenvalue weighted by Crippen LogP contribution is -2.40. The molecule has 0 aromatic heterocycles. The lowest BCUT2D eigenvalue weighted by Gasteiger charge is -2.19. The Labute approximate surface area is 113 Å². The SMILES string of the molecule is Cc1ccccc1NC(=O)CN1CCCNCC1=O. The maximum absolute atomic E-state index is 12.0. The molecular formula is C14H19N3O2. The third kappa shape index (κ3) is 3.79. The smallest absolute Gasteiger partial charge is 0.244 e. The van der Waals surface area contributed by atoms with E-state index in [-0.39, 0.29) is 18.4 Å². The molecule has 1 aromatic rings. The van der Waals surface area contributed by atoms with E-state index >= 15 is 0 Å². The number of carbonyl (C=O) groups excluding carboxylic acids is 2. The van der Waals surface area contributed by atoms with Crippen LogP contribution in [-0.2, 0) is 9.59 Å². The summed E-state index contributed by atoms with van der Waals surface area (Å²) in [5.74, 6) is -0.165. The van der Waals surface area contributed by atoms with E-state index in [1.807, 2.05) is 31.2 Å². The molecule has 0 saturated carbocycles. The summed E-state index contributed by atoms with van der Waals surface area (Å²) in [7, 11) is 0. The van der Waals surface area contributed by atoms with Crippen LogP contribution in [-0.4, -0.2) is 42.9 Å². The zero-order chi connectivity index (χ0) is 13.7. The quantitative estimate of drug-likeness (QED) is 0.844. The average molecular weight is 261 g/mol. The lowest BCUT2D eigenvalue weighted by atomic mass is 10.2. The van der Waals surface area contributed by atoms with Crippen LogP contribution in [0.1, 0.15) is 12.0 Å². The van der Waals surface area contributed by atoms with E-state index in [0.717, 1.165) is 24.2 Å². The molecule has 1 fully saturated rings. The van der Waals surface area contributed by atoms with Crippen LogP contribution in [0, 0.1) is 6.92 Å². The Balaban J connectivity index is 1.93. The minimum Gasteiger partial charge on any atom is -0.332 e. The van der Waals surface area contributed by atoms with Crippen molar-refractivity contribution in [3.8, 4) is 0 Å². The highest BCUT2D eigenvalue weighted by Gasteiger charge is 2.19. The van der Waals surface area contributed by atoms with E-state index in [1.54, 1.807) is 4.90 Å². The standard InChI is InChI=1S/C14H19N3O2/c1-11-5-2-3-6-12(11)16-13(18)10-17-8-4-7-15-9-14(17)19/h2-3,5-6,15H,4,7-10H2,1H3,(H,16,18). The van der Waals surface area contributed by atoms with Gasteiger partial charge in [-0.3, -0.25) is 9.59 Å². The van der Waals surface area contributed by atoms with Gasteiger partial charge in [-0.25, -0.2) is 0 Å². The summed E-state index contributed by atoms with van der Waals surface area (Å²) in [5.41, 5.74) is 1.81. The van der Waals surface area contributed by atoms with Crippen LogP contribution in [0.15, 0.2) is 24.3 Å². The summed E-state index contributed by atoms with van der Waals surface area (Å²) >= 11 is 0. The van der Waals surface area contributed by atoms with Crippen LogP contribution in [0.3, 0.4) is 0 Å². The summed E-state index contributed by atoms with van der Waals surface area (Å²) in [5, 5.41) is 5.88. The van der Waals surface area contributed by atoms with Gasteiger partial charge < -0.3 is 15.5 Å². The van der Waals surface area contributed by atoms with Gasteiger partial charge in [0.25, 0.3) is 0 Å². The highest BCUT2D eigenvalue weighted by Crippen LogP contribution is 2.13. The van der Waals surface area contributed by atoms with E-state index < -0.39 is 0 Å². The summed E-state index contributed by atoms with van der Waals surface area (Å²) in [6, 6.07) is 7.61. The molecule has 1 heterocycles. The topological polar surface area (TPSA) is 61.4 Å². The molecule has 0 aliphatic carbocycles. The van der Waals surface area contributed by atoms with Crippen molar-refractivity contribution in [1.82, 2.24) is 10.2 Å². The molecule has 1 aromatic carbocycles. The van der Waals surface area contributed by atoms with Crippen molar-refractivity contribution in [2.24, 2.45) is 0 Å². The zero-order valence-corrected chi connectivity index (χ0v) is 11.1. The number of hydrogen-bond donors (Lipinski definition) is 2. The minimum absolute atomic E-state index is 0.0163. The van der Waals surface area contributed by atoms with Crippen molar-refractivity contribution in [2.75, 3.05) is 31.5 Å². The Morgan fingerprint density at radius 3 is 3.00 bits per heavy atom. The monoisotopic (exact) mass is 261 g/mol. The third-order valence-corrected chi connectivity index (χ3v) is 3.16. The number of aryl methyl sites for hydroxylation is 1. The number of amides is 2. The van der Waals surface area contributed by atoms with Crippen LogP contribution in [0.5, 0.6) is 0 Å². The van der Waals surface area contributed by atoms with Gasteiger partial charge in [-0.1, -0.05) is 18.2 Å². The molecule has 1 aliphatic rings. The van der Waals surface area contributed by atoms with E-state index in [0.29, 0.717) is 13.1 Å². The minimum atomic E-state index is -0.149. The molecular weight excluding hydrogens is 242 g/mol. The first-order valence-corrected chi connectivity index (χ1v) is 6.51. The fourth-order valence-corrected chi connectivity index (χ4v) is 2.07. The number of anilines is 1. The van der Waals surface area contributed by atoms with Gasteiger partial charge in [0.15, 0.2) is 0 Å². The van der Waals surface area contributed by atoms with E-state index in [9.17, 15) is 9.59 Å². The highest BCUT2D eigenvalue weighted by molar-refractivity contribution is 5.95. The Hall–Kier alpha value is -1.88. The van der Waals surface area contributed by atoms with Gasteiger partial charge in [0.1, 0.15) is 0 Å². The molecule has 1 aliphatic heterocycles. The Morgan fingerprint density at radius 2 is 2.21 bits per heavy atom. The predicted molar refractivity (Wildman–Crippen MR) is 73.9 cm³/mol. The molecule has 5 heteroatoms. The molecule has 2 amide bonds. The van der Waals surface area contributed by atoms with Gasteiger partial charge in [0.2, 0.25) is 11.8 Å². The molecule has 19 heavy (non-hydrogen) atoms. The summed E-state index contributed by atoms with van der Waals surface area (Å²) in [6.07, 6.45) is 0.878. The van der Waals surface area contributed by atoms with Crippen molar-refractivity contribution in [2.45, 2.75) is 13.3 Å². The second-order valence-corrected chi connectivity index (χ2v) is 4.71. The second kappa shape index (κ2) is 6.33. The molecule has 5 nitrogen and oxygen atoms in total. The van der Waals surface area contributed by atoms with Crippen LogP contribution < -0.4 is 10.6 Å². The number of rotatable bonds is 3. The van der Waals surface area contributed by atoms with Crippen LogP contribution in [0.2, 0.25) is 0 Å². The van der Waals surface area contributed by atoms with E-state index in [1.165, 1.54) is 0 Å². The van der Waals surface area contributed by atoms with Gasteiger partial charge in [-0.15, -0.1) is 0 Å². The first-order chi connectivity index (χ1) is 9.16. The normalized spacial score (nSPS) is 16.1. The number of hydrogen-bond acceptors (Lipinski definition) is 3.